The molecule has 20 heavy (non-hydrogen) atoms. The van der Waals surface area contributed by atoms with Gasteiger partial charge in [-0.15, -0.1) is 11.3 Å². The van der Waals surface area contributed by atoms with Crippen LogP contribution in [-0.2, 0) is 13.1 Å². The number of benzene rings is 1. The lowest BCUT2D eigenvalue weighted by Crippen LogP contribution is -2.21. The van der Waals surface area contributed by atoms with E-state index in [0.29, 0.717) is 6.04 Å². The van der Waals surface area contributed by atoms with Crippen molar-refractivity contribution in [1.82, 2.24) is 14.9 Å². The molecule has 3 nitrogen and oxygen atoms in total. The van der Waals surface area contributed by atoms with Crippen LogP contribution in [0.5, 0.6) is 0 Å². The van der Waals surface area contributed by atoms with Gasteiger partial charge in [0.05, 0.1) is 17.7 Å². The maximum absolute atomic E-state index is 4.37. The van der Waals surface area contributed by atoms with Gasteiger partial charge in [-0.3, -0.25) is 0 Å². The van der Waals surface area contributed by atoms with E-state index in [1.54, 1.807) is 11.3 Å². The lowest BCUT2D eigenvalue weighted by Gasteiger charge is -2.10. The predicted octanol–water partition coefficient (Wildman–Crippen LogP) is 3.64. The Morgan fingerprint density at radius 2 is 2.20 bits per heavy atom. The number of rotatable bonds is 5. The number of aromatic nitrogens is 2. The molecule has 104 valence electrons. The molecule has 0 bridgehead atoms. The van der Waals surface area contributed by atoms with E-state index in [1.807, 2.05) is 5.51 Å². The zero-order valence-electron chi connectivity index (χ0n) is 11.8. The second-order valence-electron chi connectivity index (χ2n) is 5.31. The maximum atomic E-state index is 4.37. The molecule has 0 unspecified atom stereocenters. The van der Waals surface area contributed by atoms with Crippen LogP contribution >= 0.6 is 11.3 Å². The predicted molar refractivity (Wildman–Crippen MR) is 85.1 cm³/mol. The first-order valence-electron chi connectivity index (χ1n) is 6.91. The largest absolute Gasteiger partial charge is 0.341 e. The third kappa shape index (κ3) is 2.76. The summed E-state index contributed by atoms with van der Waals surface area (Å²) in [5.74, 6) is 0. The van der Waals surface area contributed by atoms with E-state index in [9.17, 15) is 0 Å². The van der Waals surface area contributed by atoms with Crippen molar-refractivity contribution in [1.29, 1.82) is 0 Å². The highest BCUT2D eigenvalue weighted by Crippen LogP contribution is 2.21. The Labute approximate surface area is 123 Å². The quantitative estimate of drug-likeness (QED) is 0.775. The van der Waals surface area contributed by atoms with E-state index in [-0.39, 0.29) is 0 Å². The van der Waals surface area contributed by atoms with Crippen molar-refractivity contribution < 1.29 is 0 Å². The highest BCUT2D eigenvalue weighted by molar-refractivity contribution is 7.07. The number of nitrogens with zero attached hydrogens (tertiary/aromatic N) is 2. The molecule has 1 N–H and O–H groups in total. The van der Waals surface area contributed by atoms with E-state index < -0.39 is 0 Å². The molecule has 0 saturated heterocycles. The van der Waals surface area contributed by atoms with E-state index in [2.05, 4.69) is 64.6 Å². The molecule has 0 fully saturated rings. The minimum atomic E-state index is 0.502. The summed E-state index contributed by atoms with van der Waals surface area (Å²) in [4.78, 5) is 4.37. The monoisotopic (exact) mass is 285 g/mol. The first-order valence-corrected chi connectivity index (χ1v) is 7.85. The highest BCUT2D eigenvalue weighted by atomic mass is 32.1. The van der Waals surface area contributed by atoms with Crippen molar-refractivity contribution in [3.05, 3.63) is 52.6 Å². The molecular formula is C16H19N3S. The Balaban J connectivity index is 1.90. The van der Waals surface area contributed by atoms with E-state index >= 15 is 0 Å². The van der Waals surface area contributed by atoms with Crippen LogP contribution in [0.15, 0.2) is 41.4 Å². The maximum Gasteiger partial charge on any atom is 0.0795 e. The molecule has 0 amide bonds. The molecule has 0 radical (unpaired) electrons. The minimum Gasteiger partial charge on any atom is -0.341 e. The van der Waals surface area contributed by atoms with Gasteiger partial charge in [-0.2, -0.15) is 0 Å². The van der Waals surface area contributed by atoms with Crippen LogP contribution in [-0.4, -0.2) is 15.6 Å². The summed E-state index contributed by atoms with van der Waals surface area (Å²) in [7, 11) is 0. The van der Waals surface area contributed by atoms with Crippen molar-refractivity contribution >= 4 is 22.2 Å². The van der Waals surface area contributed by atoms with Crippen LogP contribution in [0.1, 0.15) is 25.1 Å². The summed E-state index contributed by atoms with van der Waals surface area (Å²) in [6.45, 7) is 6.10. The molecular weight excluding hydrogens is 266 g/mol. The van der Waals surface area contributed by atoms with Gasteiger partial charge in [0.25, 0.3) is 0 Å². The summed E-state index contributed by atoms with van der Waals surface area (Å²) < 4.78 is 2.27. The topological polar surface area (TPSA) is 29.9 Å². The second kappa shape index (κ2) is 5.77. The Morgan fingerprint density at radius 3 is 2.95 bits per heavy atom. The molecule has 0 aliphatic rings. The molecule has 0 aliphatic heterocycles. The normalized spacial score (nSPS) is 11.6. The number of hydrogen-bond acceptors (Lipinski definition) is 3. The lowest BCUT2D eigenvalue weighted by atomic mass is 10.1. The lowest BCUT2D eigenvalue weighted by molar-refractivity contribution is 0.590. The first kappa shape index (κ1) is 13.3. The van der Waals surface area contributed by atoms with Crippen molar-refractivity contribution in [2.75, 3.05) is 0 Å². The van der Waals surface area contributed by atoms with E-state index in [0.717, 1.165) is 18.8 Å². The Bertz CT molecular complexity index is 683. The van der Waals surface area contributed by atoms with Crippen LogP contribution in [0.2, 0.25) is 0 Å². The van der Waals surface area contributed by atoms with Gasteiger partial charge >= 0.3 is 0 Å². The fourth-order valence-corrected chi connectivity index (χ4v) is 2.93. The standard InChI is InChI=1S/C16H19N3S/c1-12(2)17-8-13-4-3-5-16-15(13)6-7-19(16)9-14-10-20-11-18-14/h3-7,10-12,17H,8-9H2,1-2H3. The highest BCUT2D eigenvalue weighted by Gasteiger charge is 2.07. The zero-order chi connectivity index (χ0) is 13.9. The van der Waals surface area contributed by atoms with Gasteiger partial charge in [-0.25, -0.2) is 4.98 Å². The molecule has 1 aromatic carbocycles. The molecule has 3 aromatic rings. The fourth-order valence-electron chi connectivity index (χ4n) is 2.38. The van der Waals surface area contributed by atoms with Crippen molar-refractivity contribution in [2.24, 2.45) is 0 Å². The summed E-state index contributed by atoms with van der Waals surface area (Å²) in [6, 6.07) is 9.23. The number of hydrogen-bond donors (Lipinski definition) is 1. The molecule has 0 saturated carbocycles. The smallest absolute Gasteiger partial charge is 0.0795 e. The average Bonchev–Trinajstić information content (AvgIpc) is 3.07. The third-order valence-corrected chi connectivity index (χ3v) is 4.06. The van der Waals surface area contributed by atoms with Gasteiger partial charge in [0.1, 0.15) is 0 Å². The molecule has 3 rings (SSSR count). The summed E-state index contributed by atoms with van der Waals surface area (Å²) in [6.07, 6.45) is 2.16. The SMILES string of the molecule is CC(C)NCc1cccc2c1ccn2Cc1cscn1. The average molecular weight is 285 g/mol. The van der Waals surface area contributed by atoms with E-state index in [1.165, 1.54) is 16.5 Å². The minimum absolute atomic E-state index is 0.502. The number of thiazole rings is 1. The molecule has 0 spiro atoms. The number of nitrogens with one attached hydrogen (secondary N) is 1. The molecule has 4 heteroatoms. The Morgan fingerprint density at radius 1 is 1.30 bits per heavy atom. The van der Waals surface area contributed by atoms with Gasteiger partial charge in [0.2, 0.25) is 0 Å². The van der Waals surface area contributed by atoms with Crippen molar-refractivity contribution in [3.8, 4) is 0 Å². The van der Waals surface area contributed by atoms with Crippen LogP contribution in [0, 0.1) is 0 Å². The van der Waals surface area contributed by atoms with Crippen LogP contribution in [0.3, 0.4) is 0 Å². The summed E-state index contributed by atoms with van der Waals surface area (Å²) in [5, 5.41) is 6.93. The van der Waals surface area contributed by atoms with Gasteiger partial charge in [0, 0.05) is 35.1 Å². The van der Waals surface area contributed by atoms with Gasteiger partial charge in [-0.1, -0.05) is 26.0 Å². The van der Waals surface area contributed by atoms with Gasteiger partial charge in [-0.05, 0) is 17.7 Å². The first-order chi connectivity index (χ1) is 9.74. The van der Waals surface area contributed by atoms with Crippen LogP contribution in [0.4, 0.5) is 0 Å². The fraction of sp³-hybridized carbons (Fsp3) is 0.312. The van der Waals surface area contributed by atoms with E-state index in [4.69, 9.17) is 0 Å². The van der Waals surface area contributed by atoms with Crippen LogP contribution < -0.4 is 5.32 Å². The summed E-state index contributed by atoms with van der Waals surface area (Å²) in [5.41, 5.74) is 5.64. The second-order valence-corrected chi connectivity index (χ2v) is 6.03. The molecule has 0 atom stereocenters. The van der Waals surface area contributed by atoms with Crippen LogP contribution in [0.25, 0.3) is 10.9 Å². The zero-order valence-corrected chi connectivity index (χ0v) is 12.7. The molecule has 2 aromatic heterocycles. The summed E-state index contributed by atoms with van der Waals surface area (Å²) >= 11 is 1.65. The molecule has 0 aliphatic carbocycles. The van der Waals surface area contributed by atoms with Crippen molar-refractivity contribution in [2.45, 2.75) is 33.0 Å². The third-order valence-electron chi connectivity index (χ3n) is 3.42. The molecule has 2 heterocycles. The Kier molecular flexibility index (Phi) is 3.85. The number of fused-ring (bicyclic) bond motifs is 1. The van der Waals surface area contributed by atoms with Gasteiger partial charge < -0.3 is 9.88 Å². The Hall–Kier alpha value is -1.65. The van der Waals surface area contributed by atoms with Crippen molar-refractivity contribution in [3.63, 3.8) is 0 Å². The van der Waals surface area contributed by atoms with Gasteiger partial charge in [0.15, 0.2) is 0 Å².